The van der Waals surface area contributed by atoms with Gasteiger partial charge in [-0.15, -0.1) is 0 Å². The minimum Gasteiger partial charge on any atom is -0.396 e. The van der Waals surface area contributed by atoms with E-state index in [2.05, 4.69) is 12.1 Å². The molecular weight excluding hydrogens is 240 g/mol. The summed E-state index contributed by atoms with van der Waals surface area (Å²) < 4.78 is 0. The Bertz CT molecular complexity index is 267. The van der Waals surface area contributed by atoms with Crippen LogP contribution >= 0.6 is 23.5 Å². The van der Waals surface area contributed by atoms with Gasteiger partial charge in [-0.05, 0) is 5.56 Å². The molecule has 0 aliphatic carbocycles. The highest BCUT2D eigenvalue weighted by Gasteiger charge is 2.11. The van der Waals surface area contributed by atoms with Crippen LogP contribution in [-0.2, 0) is 0 Å². The quantitative estimate of drug-likeness (QED) is 0.701. The standard InChI is InChI=1S/C12H18O2S2/c13-6-8-15-10-12(16-9-7-14)11-4-2-1-3-5-11/h1-5,12-14H,6-10H2. The van der Waals surface area contributed by atoms with Crippen molar-refractivity contribution < 1.29 is 10.2 Å². The van der Waals surface area contributed by atoms with Gasteiger partial charge in [-0.3, -0.25) is 0 Å². The molecule has 0 amide bonds. The van der Waals surface area contributed by atoms with Crippen molar-refractivity contribution in [1.29, 1.82) is 0 Å². The van der Waals surface area contributed by atoms with Gasteiger partial charge in [0.2, 0.25) is 0 Å². The Morgan fingerprint density at radius 1 is 1.00 bits per heavy atom. The predicted molar refractivity (Wildman–Crippen MR) is 73.1 cm³/mol. The number of benzene rings is 1. The lowest BCUT2D eigenvalue weighted by molar-refractivity contribution is 0.322. The van der Waals surface area contributed by atoms with Crippen LogP contribution in [0.3, 0.4) is 0 Å². The van der Waals surface area contributed by atoms with E-state index in [0.29, 0.717) is 5.25 Å². The molecule has 1 atom stereocenters. The van der Waals surface area contributed by atoms with Crippen LogP contribution in [0.15, 0.2) is 30.3 Å². The van der Waals surface area contributed by atoms with Gasteiger partial charge in [0.1, 0.15) is 0 Å². The molecule has 90 valence electrons. The molecular formula is C12H18O2S2. The predicted octanol–water partition coefficient (Wildman–Crippen LogP) is 2.18. The van der Waals surface area contributed by atoms with Gasteiger partial charge < -0.3 is 10.2 Å². The van der Waals surface area contributed by atoms with Crippen molar-refractivity contribution in [3.05, 3.63) is 35.9 Å². The highest BCUT2D eigenvalue weighted by Crippen LogP contribution is 2.31. The average molecular weight is 258 g/mol. The zero-order chi connectivity index (χ0) is 11.6. The van der Waals surface area contributed by atoms with Crippen LogP contribution in [0.2, 0.25) is 0 Å². The molecule has 0 radical (unpaired) electrons. The Labute approximate surface area is 105 Å². The molecule has 0 saturated carbocycles. The zero-order valence-electron chi connectivity index (χ0n) is 9.21. The van der Waals surface area contributed by atoms with E-state index < -0.39 is 0 Å². The maximum Gasteiger partial charge on any atom is 0.0521 e. The van der Waals surface area contributed by atoms with E-state index in [1.54, 1.807) is 23.5 Å². The summed E-state index contributed by atoms with van der Waals surface area (Å²) >= 11 is 3.53. The van der Waals surface area contributed by atoms with Gasteiger partial charge in [0.15, 0.2) is 0 Å². The molecule has 2 N–H and O–H groups in total. The number of rotatable bonds is 8. The first-order valence-corrected chi connectivity index (χ1v) is 7.55. The van der Waals surface area contributed by atoms with E-state index in [9.17, 15) is 0 Å². The molecule has 1 aromatic rings. The maximum atomic E-state index is 8.87. The first-order chi connectivity index (χ1) is 7.88. The van der Waals surface area contributed by atoms with Crippen molar-refractivity contribution in [2.75, 3.05) is 30.5 Å². The highest BCUT2D eigenvalue weighted by atomic mass is 32.2. The summed E-state index contributed by atoms with van der Waals surface area (Å²) in [5, 5.41) is 18.0. The highest BCUT2D eigenvalue weighted by molar-refractivity contribution is 8.03. The minimum atomic E-state index is 0.221. The summed E-state index contributed by atoms with van der Waals surface area (Å²) in [7, 11) is 0. The van der Waals surface area contributed by atoms with Gasteiger partial charge >= 0.3 is 0 Å². The summed E-state index contributed by atoms with van der Waals surface area (Å²) in [5.74, 6) is 2.53. The molecule has 0 aromatic heterocycles. The van der Waals surface area contributed by atoms with Gasteiger partial charge in [-0.2, -0.15) is 23.5 Å². The zero-order valence-corrected chi connectivity index (χ0v) is 10.8. The lowest BCUT2D eigenvalue weighted by Crippen LogP contribution is -2.02. The first-order valence-electron chi connectivity index (χ1n) is 5.34. The molecule has 0 bridgehead atoms. The van der Waals surface area contributed by atoms with Gasteiger partial charge in [0.05, 0.1) is 13.2 Å². The largest absolute Gasteiger partial charge is 0.396 e. The van der Waals surface area contributed by atoms with E-state index in [1.807, 2.05) is 18.2 Å². The van der Waals surface area contributed by atoms with E-state index in [-0.39, 0.29) is 13.2 Å². The van der Waals surface area contributed by atoms with Crippen molar-refractivity contribution in [3.63, 3.8) is 0 Å². The Morgan fingerprint density at radius 3 is 2.31 bits per heavy atom. The first kappa shape index (κ1) is 13.9. The average Bonchev–Trinajstić information content (AvgIpc) is 2.35. The third kappa shape index (κ3) is 5.25. The molecule has 4 heteroatoms. The summed E-state index contributed by atoms with van der Waals surface area (Å²) in [6.07, 6.45) is 0. The third-order valence-electron chi connectivity index (χ3n) is 2.09. The normalized spacial score (nSPS) is 12.6. The lowest BCUT2D eigenvalue weighted by Gasteiger charge is -2.16. The molecule has 1 aromatic carbocycles. The fourth-order valence-electron chi connectivity index (χ4n) is 1.36. The second-order valence-corrected chi connectivity index (χ2v) is 5.75. The molecule has 0 aliphatic heterocycles. The molecule has 0 fully saturated rings. The lowest BCUT2D eigenvalue weighted by atomic mass is 10.2. The number of aliphatic hydroxyl groups excluding tert-OH is 2. The molecule has 0 spiro atoms. The summed E-state index contributed by atoms with van der Waals surface area (Å²) in [6, 6.07) is 10.3. The Balaban J connectivity index is 2.49. The van der Waals surface area contributed by atoms with Gasteiger partial charge in [0.25, 0.3) is 0 Å². The molecule has 0 saturated heterocycles. The summed E-state index contributed by atoms with van der Waals surface area (Å²) in [6.45, 7) is 0.454. The smallest absolute Gasteiger partial charge is 0.0521 e. The van der Waals surface area contributed by atoms with Crippen LogP contribution in [0, 0.1) is 0 Å². The van der Waals surface area contributed by atoms with Crippen LogP contribution in [0.1, 0.15) is 10.8 Å². The second-order valence-electron chi connectivity index (χ2n) is 3.29. The second kappa shape index (κ2) is 8.93. The molecule has 1 unspecified atom stereocenters. The van der Waals surface area contributed by atoms with Crippen molar-refractivity contribution in [1.82, 2.24) is 0 Å². The van der Waals surface area contributed by atoms with E-state index in [1.165, 1.54) is 5.56 Å². The Kier molecular flexibility index (Phi) is 7.76. The Hall–Kier alpha value is -0.160. The number of hydrogen-bond donors (Lipinski definition) is 2. The van der Waals surface area contributed by atoms with Crippen LogP contribution < -0.4 is 0 Å². The fraction of sp³-hybridized carbons (Fsp3) is 0.500. The van der Waals surface area contributed by atoms with E-state index in [0.717, 1.165) is 17.3 Å². The van der Waals surface area contributed by atoms with Gasteiger partial charge in [0, 0.05) is 22.5 Å². The summed E-state index contributed by atoms with van der Waals surface area (Å²) in [4.78, 5) is 0. The monoisotopic (exact) mass is 258 g/mol. The van der Waals surface area contributed by atoms with Crippen LogP contribution in [0.25, 0.3) is 0 Å². The van der Waals surface area contributed by atoms with Crippen LogP contribution in [0.5, 0.6) is 0 Å². The van der Waals surface area contributed by atoms with E-state index in [4.69, 9.17) is 10.2 Å². The third-order valence-corrected chi connectivity index (χ3v) is 4.60. The maximum absolute atomic E-state index is 8.87. The molecule has 1 rings (SSSR count). The fourth-order valence-corrected chi connectivity index (χ4v) is 3.47. The van der Waals surface area contributed by atoms with Crippen molar-refractivity contribution in [3.8, 4) is 0 Å². The Morgan fingerprint density at radius 2 is 1.69 bits per heavy atom. The van der Waals surface area contributed by atoms with Crippen LogP contribution in [0.4, 0.5) is 0 Å². The minimum absolute atomic E-state index is 0.221. The molecule has 0 aliphatic rings. The van der Waals surface area contributed by atoms with Gasteiger partial charge in [-0.1, -0.05) is 30.3 Å². The van der Waals surface area contributed by atoms with Crippen molar-refractivity contribution >= 4 is 23.5 Å². The van der Waals surface area contributed by atoms with Crippen LogP contribution in [-0.4, -0.2) is 40.7 Å². The van der Waals surface area contributed by atoms with E-state index >= 15 is 0 Å². The number of hydrogen-bond acceptors (Lipinski definition) is 4. The van der Waals surface area contributed by atoms with Gasteiger partial charge in [-0.25, -0.2) is 0 Å². The van der Waals surface area contributed by atoms with Crippen molar-refractivity contribution in [2.45, 2.75) is 5.25 Å². The SMILES string of the molecule is OCCSCC(SCCO)c1ccccc1. The molecule has 0 heterocycles. The van der Waals surface area contributed by atoms with Crippen molar-refractivity contribution in [2.24, 2.45) is 0 Å². The molecule has 16 heavy (non-hydrogen) atoms. The number of thioether (sulfide) groups is 2. The topological polar surface area (TPSA) is 40.5 Å². The molecule has 2 nitrogen and oxygen atoms in total. The summed E-state index contributed by atoms with van der Waals surface area (Å²) in [5.41, 5.74) is 1.30. The number of aliphatic hydroxyl groups is 2.